The number of hydrogen-bond donors (Lipinski definition) is 9. The minimum Gasteiger partial charge on any atom is -0.394 e. The lowest BCUT2D eigenvalue weighted by Gasteiger charge is -2.46. The molecule has 14 nitrogen and oxygen atoms in total. The first-order valence-electron chi connectivity index (χ1n) is 30.9. The first-order valence-corrected chi connectivity index (χ1v) is 30.9. The van der Waals surface area contributed by atoms with Crippen molar-refractivity contribution in [3.05, 3.63) is 12.2 Å². The Morgan fingerprint density at radius 1 is 0.473 bits per heavy atom. The average Bonchev–Trinajstić information content (AvgIpc) is 3.40. The van der Waals surface area contributed by atoms with Crippen molar-refractivity contribution in [2.45, 2.75) is 344 Å². The standard InChI is InChI=1S/C60H115NO13/c1-3-5-7-9-11-13-15-17-18-19-20-21-22-23-24-25-26-27-28-29-30-32-34-36-38-40-42-44-52(65)61-48(49(64)43-41-39-37-35-33-31-16-14-12-10-8-6-4-2)47-71-59-57(70)55(68)58(51(46-63)73-59)74-60-56(69)54(67)53(66)50(45-62)72-60/h41,43,48-51,53-60,62-64,66-70H,3-40,42,44-47H2,1-2H3,(H,61,65)/b43-41+/t48-,49+,50+,51+,53-,54?,55?,56?,57?,58+,59+,60-/m0/s1. The first-order chi connectivity index (χ1) is 36.1. The van der Waals surface area contributed by atoms with Gasteiger partial charge in [-0.05, 0) is 19.3 Å². The highest BCUT2D eigenvalue weighted by Gasteiger charge is 2.51. The predicted octanol–water partition coefficient (Wildman–Crippen LogP) is 10.7. The molecule has 2 fully saturated rings. The van der Waals surface area contributed by atoms with Crippen LogP contribution in [0.4, 0.5) is 0 Å². The zero-order valence-corrected chi connectivity index (χ0v) is 47.1. The minimum absolute atomic E-state index is 0.234. The van der Waals surface area contributed by atoms with Crippen LogP contribution in [0.25, 0.3) is 0 Å². The summed E-state index contributed by atoms with van der Waals surface area (Å²) in [6.07, 6.45) is 37.0. The molecule has 12 atom stereocenters. The number of rotatable bonds is 50. The van der Waals surface area contributed by atoms with Crippen LogP contribution in [0, 0.1) is 0 Å². The van der Waals surface area contributed by atoms with Gasteiger partial charge in [-0.25, -0.2) is 0 Å². The number of ether oxygens (including phenoxy) is 4. The Labute approximate surface area is 450 Å². The van der Waals surface area contributed by atoms with E-state index in [2.05, 4.69) is 19.2 Å². The van der Waals surface area contributed by atoms with E-state index < -0.39 is 86.8 Å². The molecule has 0 aromatic heterocycles. The number of amides is 1. The van der Waals surface area contributed by atoms with Gasteiger partial charge in [0.05, 0.1) is 32.0 Å². The van der Waals surface area contributed by atoms with Crippen LogP contribution in [0.5, 0.6) is 0 Å². The summed E-state index contributed by atoms with van der Waals surface area (Å²) in [6.45, 7) is 2.82. The Morgan fingerprint density at radius 3 is 1.24 bits per heavy atom. The molecule has 438 valence electrons. The summed E-state index contributed by atoms with van der Waals surface area (Å²) in [5.74, 6) is -0.234. The molecule has 2 heterocycles. The van der Waals surface area contributed by atoms with Crippen LogP contribution >= 0.6 is 0 Å². The van der Waals surface area contributed by atoms with E-state index >= 15 is 0 Å². The Bertz CT molecular complexity index is 1290. The van der Waals surface area contributed by atoms with E-state index in [0.717, 1.165) is 38.5 Å². The normalized spacial score (nSPS) is 25.2. The molecule has 1 amide bonds. The maximum absolute atomic E-state index is 13.2. The minimum atomic E-state index is -1.78. The molecule has 0 spiro atoms. The molecule has 2 aliphatic heterocycles. The Hall–Kier alpha value is -1.27. The molecule has 2 rings (SSSR count). The molecule has 0 radical (unpaired) electrons. The van der Waals surface area contributed by atoms with E-state index in [1.165, 1.54) is 205 Å². The summed E-state index contributed by atoms with van der Waals surface area (Å²) in [4.78, 5) is 13.2. The number of aliphatic hydroxyl groups is 8. The van der Waals surface area contributed by atoms with Gasteiger partial charge in [0.2, 0.25) is 5.91 Å². The van der Waals surface area contributed by atoms with Crippen LogP contribution in [0.3, 0.4) is 0 Å². The maximum atomic E-state index is 13.2. The topological polar surface area (TPSA) is 228 Å². The number of carbonyl (C=O) groups is 1. The molecule has 14 heteroatoms. The second-order valence-electron chi connectivity index (χ2n) is 22.2. The van der Waals surface area contributed by atoms with Crippen molar-refractivity contribution in [3.8, 4) is 0 Å². The van der Waals surface area contributed by atoms with Crippen molar-refractivity contribution in [2.24, 2.45) is 0 Å². The average molecular weight is 1060 g/mol. The number of aliphatic hydroxyl groups excluding tert-OH is 8. The van der Waals surface area contributed by atoms with Crippen LogP contribution in [0.2, 0.25) is 0 Å². The van der Waals surface area contributed by atoms with Crippen LogP contribution in [-0.2, 0) is 23.7 Å². The molecule has 0 aromatic rings. The molecule has 4 unspecified atom stereocenters. The molecule has 0 bridgehead atoms. The maximum Gasteiger partial charge on any atom is 0.220 e. The van der Waals surface area contributed by atoms with Crippen LogP contribution < -0.4 is 5.32 Å². The Balaban J connectivity index is 1.68. The Morgan fingerprint density at radius 2 is 0.838 bits per heavy atom. The lowest BCUT2D eigenvalue weighted by molar-refractivity contribution is -0.359. The Kier molecular flexibility index (Phi) is 43.4. The summed E-state index contributed by atoms with van der Waals surface area (Å²) in [5, 5.41) is 87.0. The first kappa shape index (κ1) is 68.8. The highest BCUT2D eigenvalue weighted by Crippen LogP contribution is 2.30. The van der Waals surface area contributed by atoms with Gasteiger partial charge in [0, 0.05) is 6.42 Å². The van der Waals surface area contributed by atoms with E-state index in [4.69, 9.17) is 18.9 Å². The monoisotopic (exact) mass is 1060 g/mol. The fourth-order valence-corrected chi connectivity index (χ4v) is 10.5. The van der Waals surface area contributed by atoms with E-state index in [9.17, 15) is 45.6 Å². The number of hydrogen-bond acceptors (Lipinski definition) is 13. The molecular weight excluding hydrogens is 943 g/mol. The lowest BCUT2D eigenvalue weighted by Crippen LogP contribution is -2.65. The third-order valence-corrected chi connectivity index (χ3v) is 15.5. The number of allylic oxidation sites excluding steroid dienone is 1. The predicted molar refractivity (Wildman–Crippen MR) is 295 cm³/mol. The van der Waals surface area contributed by atoms with Crippen molar-refractivity contribution in [1.29, 1.82) is 0 Å². The van der Waals surface area contributed by atoms with Crippen molar-refractivity contribution in [1.82, 2.24) is 5.32 Å². The van der Waals surface area contributed by atoms with Crippen LogP contribution in [0.15, 0.2) is 12.2 Å². The summed E-state index contributed by atoms with van der Waals surface area (Å²) >= 11 is 0. The smallest absolute Gasteiger partial charge is 0.220 e. The molecule has 0 aliphatic carbocycles. The van der Waals surface area contributed by atoms with Gasteiger partial charge in [0.1, 0.15) is 48.8 Å². The van der Waals surface area contributed by atoms with Crippen molar-refractivity contribution in [3.63, 3.8) is 0 Å². The quantitative estimate of drug-likeness (QED) is 0.0204. The third kappa shape index (κ3) is 32.0. The second-order valence-corrected chi connectivity index (χ2v) is 22.2. The second kappa shape index (κ2) is 46.6. The summed E-state index contributed by atoms with van der Waals surface area (Å²) < 4.78 is 22.8. The molecule has 74 heavy (non-hydrogen) atoms. The van der Waals surface area contributed by atoms with E-state index in [-0.39, 0.29) is 18.9 Å². The zero-order chi connectivity index (χ0) is 53.9. The van der Waals surface area contributed by atoms with Gasteiger partial charge in [-0.15, -0.1) is 0 Å². The fraction of sp³-hybridized carbons (Fsp3) is 0.950. The molecule has 2 aliphatic rings. The van der Waals surface area contributed by atoms with Gasteiger partial charge >= 0.3 is 0 Å². The van der Waals surface area contributed by atoms with Crippen LogP contribution in [0.1, 0.15) is 271 Å². The lowest BCUT2D eigenvalue weighted by atomic mass is 9.97. The van der Waals surface area contributed by atoms with Gasteiger partial charge in [0.25, 0.3) is 0 Å². The van der Waals surface area contributed by atoms with Crippen LogP contribution in [-0.4, -0.2) is 140 Å². The molecule has 0 aromatic carbocycles. The highest BCUT2D eigenvalue weighted by atomic mass is 16.7. The highest BCUT2D eigenvalue weighted by molar-refractivity contribution is 5.76. The number of carbonyl (C=O) groups excluding carboxylic acids is 1. The van der Waals surface area contributed by atoms with E-state index in [1.54, 1.807) is 6.08 Å². The van der Waals surface area contributed by atoms with Gasteiger partial charge in [-0.2, -0.15) is 0 Å². The zero-order valence-electron chi connectivity index (χ0n) is 47.1. The molecule has 2 saturated heterocycles. The van der Waals surface area contributed by atoms with Gasteiger partial charge in [-0.1, -0.05) is 257 Å². The van der Waals surface area contributed by atoms with Gasteiger partial charge < -0.3 is 65.1 Å². The number of nitrogens with one attached hydrogen (secondary N) is 1. The number of unbranched alkanes of at least 4 members (excludes halogenated alkanes) is 37. The summed E-state index contributed by atoms with van der Waals surface area (Å²) in [7, 11) is 0. The van der Waals surface area contributed by atoms with E-state index in [1.807, 2.05) is 6.08 Å². The van der Waals surface area contributed by atoms with E-state index in [0.29, 0.717) is 6.42 Å². The molecular formula is C60H115NO13. The molecule has 9 N–H and O–H groups in total. The SMILES string of the molecule is CCCCCCCCCCCCC/C=C/[C@@H](O)[C@H](CO[C@@H]1O[C@H](CO)[C@@H](O[C@@H]2O[C@H](CO)[C@H](O)C(O)C2O)C(O)C1O)NC(=O)CCCCCCCCCCCCCCCCCCCCCCCCCCCCC. The van der Waals surface area contributed by atoms with Gasteiger partial charge in [-0.3, -0.25) is 4.79 Å². The summed E-state index contributed by atoms with van der Waals surface area (Å²) in [6, 6.07) is -0.909. The van der Waals surface area contributed by atoms with Crippen molar-refractivity contribution in [2.75, 3.05) is 19.8 Å². The largest absolute Gasteiger partial charge is 0.394 e. The fourth-order valence-electron chi connectivity index (χ4n) is 10.5. The van der Waals surface area contributed by atoms with Gasteiger partial charge in [0.15, 0.2) is 12.6 Å². The molecule has 0 saturated carbocycles. The van der Waals surface area contributed by atoms with Crippen molar-refractivity contribution < 1.29 is 64.6 Å². The summed E-state index contributed by atoms with van der Waals surface area (Å²) in [5.41, 5.74) is 0. The third-order valence-electron chi connectivity index (χ3n) is 15.5. The van der Waals surface area contributed by atoms with Crippen molar-refractivity contribution >= 4 is 5.91 Å².